The van der Waals surface area contributed by atoms with Crippen LogP contribution in [0.15, 0.2) is 58.1 Å². The fourth-order valence-electron chi connectivity index (χ4n) is 2.18. The minimum Gasteiger partial charge on any atom is -0.494 e. The summed E-state index contributed by atoms with van der Waals surface area (Å²) in [4.78, 5) is 0. The average molecular weight is 403 g/mol. The summed E-state index contributed by atoms with van der Waals surface area (Å²) in [5.74, 6) is 1.41. The summed E-state index contributed by atoms with van der Waals surface area (Å²) >= 11 is 8.80. The lowest BCUT2D eigenvalue weighted by Crippen LogP contribution is -1.96. The van der Waals surface area contributed by atoms with Gasteiger partial charge in [0.1, 0.15) is 5.75 Å². The number of nitrogens with zero attached hydrogens (tertiary/aromatic N) is 3. The van der Waals surface area contributed by atoms with E-state index in [0.717, 1.165) is 21.3 Å². The Morgan fingerprint density at radius 2 is 2.12 bits per heavy atom. The first-order valence-corrected chi connectivity index (χ1v) is 8.58. The second-order valence-electron chi connectivity index (χ2n) is 4.89. The zero-order chi connectivity index (χ0) is 16.9. The number of hydrogen-bond acceptors (Lipinski definition) is 4. The van der Waals surface area contributed by atoms with Gasteiger partial charge in [-0.3, -0.25) is 0 Å². The molecule has 0 saturated carbocycles. The smallest absolute Gasteiger partial charge is 0.216 e. The molecule has 0 aliphatic rings. The van der Waals surface area contributed by atoms with E-state index in [1.807, 2.05) is 55.5 Å². The number of H-pyrrole nitrogens is 1. The maximum Gasteiger partial charge on any atom is 0.216 e. The first kappa shape index (κ1) is 16.6. The molecule has 0 spiro atoms. The first-order valence-electron chi connectivity index (χ1n) is 7.38. The average Bonchev–Trinajstić information content (AvgIpc) is 2.96. The van der Waals surface area contributed by atoms with Gasteiger partial charge < -0.3 is 4.74 Å². The number of aromatic amines is 1. The predicted molar refractivity (Wildman–Crippen MR) is 101 cm³/mol. The molecule has 3 rings (SSSR count). The highest BCUT2D eigenvalue weighted by Crippen LogP contribution is 2.23. The number of benzene rings is 2. The lowest BCUT2D eigenvalue weighted by atomic mass is 10.2. The summed E-state index contributed by atoms with van der Waals surface area (Å²) in [5, 5.41) is 11.5. The minimum absolute atomic E-state index is 0.426. The topological polar surface area (TPSA) is 55.2 Å². The van der Waals surface area contributed by atoms with Crippen LogP contribution in [0.1, 0.15) is 12.5 Å². The molecule has 3 aromatic rings. The van der Waals surface area contributed by atoms with Crippen molar-refractivity contribution in [3.05, 3.63) is 63.3 Å². The summed E-state index contributed by atoms with van der Waals surface area (Å²) in [6, 6.07) is 15.5. The monoisotopic (exact) mass is 402 g/mol. The molecule has 122 valence electrons. The van der Waals surface area contributed by atoms with Crippen molar-refractivity contribution in [3.63, 3.8) is 0 Å². The molecule has 0 fully saturated rings. The molecule has 2 aromatic carbocycles. The van der Waals surface area contributed by atoms with Crippen LogP contribution in [0.25, 0.3) is 11.4 Å². The van der Waals surface area contributed by atoms with E-state index >= 15 is 0 Å². The Morgan fingerprint density at radius 3 is 2.92 bits per heavy atom. The van der Waals surface area contributed by atoms with Crippen molar-refractivity contribution in [1.29, 1.82) is 0 Å². The highest BCUT2D eigenvalue weighted by molar-refractivity contribution is 9.10. The fourth-order valence-corrected chi connectivity index (χ4v) is 2.74. The van der Waals surface area contributed by atoms with E-state index < -0.39 is 0 Å². The molecule has 1 heterocycles. The van der Waals surface area contributed by atoms with E-state index in [4.69, 9.17) is 17.0 Å². The van der Waals surface area contributed by atoms with Crippen molar-refractivity contribution in [2.75, 3.05) is 6.61 Å². The Hall–Kier alpha value is -2.25. The van der Waals surface area contributed by atoms with Gasteiger partial charge in [0.2, 0.25) is 4.77 Å². The van der Waals surface area contributed by atoms with Crippen molar-refractivity contribution >= 4 is 34.4 Å². The Labute approximate surface area is 153 Å². The van der Waals surface area contributed by atoms with Crippen LogP contribution in [0.4, 0.5) is 0 Å². The summed E-state index contributed by atoms with van der Waals surface area (Å²) in [6.45, 7) is 2.56. The van der Waals surface area contributed by atoms with Crippen LogP contribution in [-0.4, -0.2) is 27.7 Å². The van der Waals surface area contributed by atoms with Gasteiger partial charge in [-0.25, -0.2) is 5.10 Å². The molecule has 1 aromatic heterocycles. The summed E-state index contributed by atoms with van der Waals surface area (Å²) in [6.07, 6.45) is 1.74. The third kappa shape index (κ3) is 3.63. The van der Waals surface area contributed by atoms with Crippen LogP contribution in [0, 0.1) is 4.77 Å². The third-order valence-electron chi connectivity index (χ3n) is 3.27. The first-order chi connectivity index (χ1) is 11.7. The van der Waals surface area contributed by atoms with E-state index in [-0.39, 0.29) is 0 Å². The van der Waals surface area contributed by atoms with E-state index in [2.05, 4.69) is 31.2 Å². The highest BCUT2D eigenvalue weighted by atomic mass is 79.9. The van der Waals surface area contributed by atoms with Crippen LogP contribution >= 0.6 is 28.1 Å². The van der Waals surface area contributed by atoms with Crippen molar-refractivity contribution < 1.29 is 4.74 Å². The highest BCUT2D eigenvalue weighted by Gasteiger charge is 2.09. The molecule has 7 heteroatoms. The van der Waals surface area contributed by atoms with Crippen molar-refractivity contribution in [3.8, 4) is 17.1 Å². The largest absolute Gasteiger partial charge is 0.494 e. The number of ether oxygens (including phenoxy) is 1. The molecular formula is C17H15BrN4OS. The Balaban J connectivity index is 1.99. The molecule has 0 saturated heterocycles. The maximum atomic E-state index is 5.54. The lowest BCUT2D eigenvalue weighted by molar-refractivity contribution is 0.340. The van der Waals surface area contributed by atoms with Gasteiger partial charge in [0, 0.05) is 15.6 Å². The Kier molecular flexibility index (Phi) is 5.22. The van der Waals surface area contributed by atoms with Gasteiger partial charge >= 0.3 is 0 Å². The van der Waals surface area contributed by atoms with E-state index in [0.29, 0.717) is 17.2 Å². The maximum absolute atomic E-state index is 5.54. The van der Waals surface area contributed by atoms with Crippen LogP contribution in [0.3, 0.4) is 0 Å². The molecule has 0 aliphatic carbocycles. The fraction of sp³-hybridized carbons (Fsp3) is 0.118. The van der Waals surface area contributed by atoms with Crippen LogP contribution < -0.4 is 4.74 Å². The number of halogens is 1. The zero-order valence-electron chi connectivity index (χ0n) is 12.9. The quantitative estimate of drug-likeness (QED) is 0.498. The molecular weight excluding hydrogens is 388 g/mol. The van der Waals surface area contributed by atoms with Crippen LogP contribution in [0.2, 0.25) is 0 Å². The van der Waals surface area contributed by atoms with E-state index in [1.165, 1.54) is 0 Å². The minimum atomic E-state index is 0.426. The molecule has 0 atom stereocenters. The van der Waals surface area contributed by atoms with Crippen molar-refractivity contribution in [1.82, 2.24) is 14.9 Å². The van der Waals surface area contributed by atoms with Gasteiger partial charge in [0.25, 0.3) is 0 Å². The third-order valence-corrected chi connectivity index (χ3v) is 4.26. The van der Waals surface area contributed by atoms with Crippen LogP contribution in [0.5, 0.6) is 5.75 Å². The SMILES string of the molecule is CCOc1cccc(-c2n[nH]c(=S)n2N=Cc2ccccc2Br)c1. The van der Waals surface area contributed by atoms with E-state index in [9.17, 15) is 0 Å². The van der Waals surface area contributed by atoms with Gasteiger partial charge in [0.05, 0.1) is 12.8 Å². The molecule has 0 bridgehead atoms. The molecule has 0 radical (unpaired) electrons. The normalized spacial score (nSPS) is 11.1. The van der Waals surface area contributed by atoms with Gasteiger partial charge in [-0.15, -0.1) is 0 Å². The summed E-state index contributed by atoms with van der Waals surface area (Å²) in [7, 11) is 0. The predicted octanol–water partition coefficient (Wildman–Crippen LogP) is 4.65. The van der Waals surface area contributed by atoms with E-state index in [1.54, 1.807) is 10.9 Å². The Morgan fingerprint density at radius 1 is 1.29 bits per heavy atom. The molecule has 24 heavy (non-hydrogen) atoms. The van der Waals surface area contributed by atoms with Crippen molar-refractivity contribution in [2.24, 2.45) is 5.10 Å². The molecule has 0 unspecified atom stereocenters. The Bertz CT molecular complexity index is 932. The van der Waals surface area contributed by atoms with Gasteiger partial charge in [-0.05, 0) is 37.3 Å². The number of nitrogens with one attached hydrogen (secondary N) is 1. The van der Waals surface area contributed by atoms with Crippen molar-refractivity contribution in [2.45, 2.75) is 6.92 Å². The number of hydrogen-bond donors (Lipinski definition) is 1. The standard InChI is InChI=1S/C17H15BrN4OS/c1-2-23-14-8-5-7-12(10-14)16-20-21-17(24)22(16)19-11-13-6-3-4-9-15(13)18/h3-11H,2H2,1H3,(H,21,24). The lowest BCUT2D eigenvalue weighted by Gasteiger charge is -2.05. The number of rotatable bonds is 5. The molecule has 0 aliphatic heterocycles. The zero-order valence-corrected chi connectivity index (χ0v) is 15.3. The van der Waals surface area contributed by atoms with Gasteiger partial charge in [-0.1, -0.05) is 46.3 Å². The second kappa shape index (κ2) is 7.55. The summed E-state index contributed by atoms with van der Waals surface area (Å²) in [5.41, 5.74) is 1.83. The molecule has 5 nitrogen and oxygen atoms in total. The van der Waals surface area contributed by atoms with Crippen LogP contribution in [-0.2, 0) is 0 Å². The van der Waals surface area contributed by atoms with Gasteiger partial charge in [0.15, 0.2) is 5.82 Å². The molecule has 1 N–H and O–H groups in total. The summed E-state index contributed by atoms with van der Waals surface area (Å²) < 4.78 is 8.53. The second-order valence-corrected chi connectivity index (χ2v) is 6.13. The molecule has 0 amide bonds. The van der Waals surface area contributed by atoms with Gasteiger partial charge in [-0.2, -0.15) is 14.9 Å². The number of aromatic nitrogens is 3.